The molecule has 0 saturated carbocycles. The van der Waals surface area contributed by atoms with Crippen LogP contribution in [0.4, 0.5) is 0 Å². The van der Waals surface area contributed by atoms with E-state index >= 15 is 0 Å². The minimum Gasteiger partial charge on any atom is -0.493 e. The Bertz CT molecular complexity index is 741. The largest absolute Gasteiger partial charge is 0.493 e. The standard InChI is InChI=1S/C18H19NO3S2/c1-21-15-6-5-13(10-16(15)22-2)11-17(20)19-7-9-24-18(19)12-14-4-3-8-23-14/h3-6,8,10,12H,7,9,11H2,1-2H3/b18-12+. The first kappa shape index (κ1) is 16.9. The van der Waals surface area contributed by atoms with E-state index in [4.69, 9.17) is 9.47 Å². The minimum atomic E-state index is 0.107. The Morgan fingerprint density at radius 1 is 1.25 bits per heavy atom. The van der Waals surface area contributed by atoms with E-state index < -0.39 is 0 Å². The number of hydrogen-bond acceptors (Lipinski definition) is 5. The van der Waals surface area contributed by atoms with E-state index in [0.29, 0.717) is 17.9 Å². The lowest BCUT2D eigenvalue weighted by atomic mass is 10.1. The molecule has 0 spiro atoms. The number of hydrogen-bond donors (Lipinski definition) is 0. The monoisotopic (exact) mass is 361 g/mol. The molecule has 1 aliphatic rings. The number of amides is 1. The summed E-state index contributed by atoms with van der Waals surface area (Å²) in [6.45, 7) is 0.758. The van der Waals surface area contributed by atoms with Crippen molar-refractivity contribution in [2.45, 2.75) is 6.42 Å². The summed E-state index contributed by atoms with van der Waals surface area (Å²) in [6, 6.07) is 9.69. The number of rotatable bonds is 5. The first-order valence-corrected chi connectivity index (χ1v) is 9.47. The molecule has 2 heterocycles. The predicted octanol–water partition coefficient (Wildman–Crippen LogP) is 3.88. The summed E-state index contributed by atoms with van der Waals surface area (Å²) in [7, 11) is 3.20. The van der Waals surface area contributed by atoms with Crippen molar-refractivity contribution >= 4 is 35.1 Å². The van der Waals surface area contributed by atoms with Crippen LogP contribution in [0.1, 0.15) is 10.4 Å². The summed E-state index contributed by atoms with van der Waals surface area (Å²) in [6.07, 6.45) is 2.44. The zero-order chi connectivity index (χ0) is 16.9. The van der Waals surface area contributed by atoms with Crippen LogP contribution >= 0.6 is 23.1 Å². The lowest BCUT2D eigenvalue weighted by Gasteiger charge is -2.17. The average Bonchev–Trinajstić information content (AvgIpc) is 3.27. The summed E-state index contributed by atoms with van der Waals surface area (Å²) in [5, 5.41) is 3.07. The number of thiophene rings is 1. The van der Waals surface area contributed by atoms with Gasteiger partial charge in [-0.3, -0.25) is 4.79 Å². The highest BCUT2D eigenvalue weighted by atomic mass is 32.2. The molecule has 4 nitrogen and oxygen atoms in total. The molecule has 1 aromatic heterocycles. The van der Waals surface area contributed by atoms with E-state index in [2.05, 4.69) is 12.1 Å². The molecule has 0 radical (unpaired) electrons. The van der Waals surface area contributed by atoms with Gasteiger partial charge in [-0.25, -0.2) is 0 Å². The third-order valence-electron chi connectivity index (χ3n) is 3.74. The van der Waals surface area contributed by atoms with Crippen LogP contribution in [0.3, 0.4) is 0 Å². The summed E-state index contributed by atoms with van der Waals surface area (Å²) in [4.78, 5) is 15.8. The first-order chi connectivity index (χ1) is 11.7. The molecule has 0 atom stereocenters. The SMILES string of the molecule is COc1ccc(CC(=O)N2CCS/C2=C/c2cccs2)cc1OC. The van der Waals surface area contributed by atoms with Gasteiger partial charge in [0.15, 0.2) is 11.5 Å². The van der Waals surface area contributed by atoms with Gasteiger partial charge in [-0.1, -0.05) is 12.1 Å². The molecule has 0 aliphatic carbocycles. The second kappa shape index (κ2) is 7.77. The van der Waals surface area contributed by atoms with Crippen LogP contribution in [0, 0.1) is 0 Å². The summed E-state index contributed by atoms with van der Waals surface area (Å²) < 4.78 is 10.6. The quantitative estimate of drug-likeness (QED) is 0.810. The molecule has 0 bridgehead atoms. The van der Waals surface area contributed by atoms with Crippen LogP contribution in [-0.4, -0.2) is 37.3 Å². The van der Waals surface area contributed by atoms with Crippen molar-refractivity contribution in [2.24, 2.45) is 0 Å². The lowest BCUT2D eigenvalue weighted by molar-refractivity contribution is -0.127. The Kier molecular flexibility index (Phi) is 5.48. The summed E-state index contributed by atoms with van der Waals surface area (Å²) >= 11 is 3.41. The molecule has 126 valence electrons. The smallest absolute Gasteiger partial charge is 0.231 e. The highest BCUT2D eigenvalue weighted by Crippen LogP contribution is 2.32. The summed E-state index contributed by atoms with van der Waals surface area (Å²) in [5.41, 5.74) is 0.921. The fourth-order valence-corrected chi connectivity index (χ4v) is 4.32. The van der Waals surface area contributed by atoms with E-state index in [1.165, 1.54) is 4.88 Å². The van der Waals surface area contributed by atoms with Gasteiger partial charge in [-0.2, -0.15) is 0 Å². The molecule has 1 amide bonds. The minimum absolute atomic E-state index is 0.107. The van der Waals surface area contributed by atoms with Crippen LogP contribution < -0.4 is 9.47 Å². The Balaban J connectivity index is 1.74. The topological polar surface area (TPSA) is 38.8 Å². The molecular weight excluding hydrogens is 342 g/mol. The van der Waals surface area contributed by atoms with Crippen LogP contribution in [0.5, 0.6) is 11.5 Å². The normalized spacial score (nSPS) is 15.8. The molecule has 2 aromatic rings. The van der Waals surface area contributed by atoms with Gasteiger partial charge in [0.1, 0.15) is 0 Å². The second-order valence-electron chi connectivity index (χ2n) is 5.26. The number of carbonyl (C=O) groups is 1. The molecule has 3 rings (SSSR count). The molecule has 1 aliphatic heterocycles. The third-order valence-corrected chi connectivity index (χ3v) is 5.58. The van der Waals surface area contributed by atoms with Gasteiger partial charge in [0, 0.05) is 17.2 Å². The van der Waals surface area contributed by atoms with Crippen molar-refractivity contribution in [1.82, 2.24) is 4.90 Å². The van der Waals surface area contributed by atoms with Crippen LogP contribution in [0.2, 0.25) is 0 Å². The Labute approximate surface area is 150 Å². The van der Waals surface area contributed by atoms with Gasteiger partial charge >= 0.3 is 0 Å². The number of methoxy groups -OCH3 is 2. The van der Waals surface area contributed by atoms with Crippen molar-refractivity contribution in [2.75, 3.05) is 26.5 Å². The lowest BCUT2D eigenvalue weighted by Crippen LogP contribution is -2.28. The fourth-order valence-electron chi connectivity index (χ4n) is 2.55. The van der Waals surface area contributed by atoms with E-state index in [1.54, 1.807) is 37.3 Å². The Morgan fingerprint density at radius 2 is 2.08 bits per heavy atom. The maximum Gasteiger partial charge on any atom is 0.231 e. The average molecular weight is 361 g/mol. The number of carbonyl (C=O) groups excluding carboxylic acids is 1. The van der Waals surface area contributed by atoms with Crippen molar-refractivity contribution in [3.8, 4) is 11.5 Å². The molecule has 0 unspecified atom stereocenters. The molecular formula is C18H19NO3S2. The maximum absolute atomic E-state index is 12.7. The van der Waals surface area contributed by atoms with Gasteiger partial charge in [0.25, 0.3) is 0 Å². The molecule has 1 fully saturated rings. The molecule has 24 heavy (non-hydrogen) atoms. The Morgan fingerprint density at radius 3 is 2.79 bits per heavy atom. The van der Waals surface area contributed by atoms with Crippen molar-refractivity contribution in [3.05, 3.63) is 51.2 Å². The molecule has 0 N–H and O–H groups in total. The molecule has 1 saturated heterocycles. The van der Waals surface area contributed by atoms with Gasteiger partial charge in [-0.15, -0.1) is 23.1 Å². The van der Waals surface area contributed by atoms with Gasteiger partial charge in [0.2, 0.25) is 5.91 Å². The zero-order valence-corrected chi connectivity index (χ0v) is 15.3. The van der Waals surface area contributed by atoms with E-state index in [9.17, 15) is 4.79 Å². The second-order valence-corrected chi connectivity index (χ2v) is 7.35. The number of nitrogens with zero attached hydrogens (tertiary/aromatic N) is 1. The highest BCUT2D eigenvalue weighted by Gasteiger charge is 2.24. The van der Waals surface area contributed by atoms with Crippen LogP contribution in [0.25, 0.3) is 6.08 Å². The van der Waals surface area contributed by atoms with Crippen molar-refractivity contribution in [3.63, 3.8) is 0 Å². The van der Waals surface area contributed by atoms with Gasteiger partial charge in [0.05, 0.1) is 25.7 Å². The Hall–Kier alpha value is -1.92. The molecule has 1 aromatic carbocycles. The number of benzene rings is 1. The van der Waals surface area contributed by atoms with Crippen LogP contribution in [-0.2, 0) is 11.2 Å². The summed E-state index contributed by atoms with van der Waals surface area (Å²) in [5.74, 6) is 2.36. The van der Waals surface area contributed by atoms with Crippen molar-refractivity contribution < 1.29 is 14.3 Å². The predicted molar refractivity (Wildman–Crippen MR) is 99.7 cm³/mol. The van der Waals surface area contributed by atoms with E-state index in [-0.39, 0.29) is 5.91 Å². The first-order valence-electron chi connectivity index (χ1n) is 7.60. The fraction of sp³-hybridized carbons (Fsp3) is 0.278. The third kappa shape index (κ3) is 3.76. The van der Waals surface area contributed by atoms with E-state index in [1.807, 2.05) is 34.5 Å². The molecule has 6 heteroatoms. The maximum atomic E-state index is 12.7. The number of thioether (sulfide) groups is 1. The van der Waals surface area contributed by atoms with Gasteiger partial charge < -0.3 is 14.4 Å². The van der Waals surface area contributed by atoms with Crippen LogP contribution in [0.15, 0.2) is 40.7 Å². The zero-order valence-electron chi connectivity index (χ0n) is 13.7. The number of ether oxygens (including phenoxy) is 2. The van der Waals surface area contributed by atoms with Crippen molar-refractivity contribution in [1.29, 1.82) is 0 Å². The van der Waals surface area contributed by atoms with E-state index in [0.717, 1.165) is 22.9 Å². The van der Waals surface area contributed by atoms with Gasteiger partial charge in [-0.05, 0) is 35.2 Å². The highest BCUT2D eigenvalue weighted by molar-refractivity contribution is 8.03.